The van der Waals surface area contributed by atoms with Crippen molar-refractivity contribution >= 4 is 43.4 Å². The molecule has 1 aromatic heterocycles. The molecule has 0 bridgehead atoms. The Morgan fingerprint density at radius 1 is 1.29 bits per heavy atom. The maximum atomic E-state index is 11.1. The monoisotopic (exact) mass is 389 g/mol. The quantitative estimate of drug-likeness (QED) is 0.822. The van der Waals surface area contributed by atoms with Gasteiger partial charge in [0.1, 0.15) is 5.82 Å². The van der Waals surface area contributed by atoms with Gasteiger partial charge in [-0.3, -0.25) is 0 Å². The van der Waals surface area contributed by atoms with Crippen LogP contribution < -0.4 is 10.5 Å². The van der Waals surface area contributed by atoms with Crippen molar-refractivity contribution in [3.05, 3.63) is 51.6 Å². The van der Waals surface area contributed by atoms with E-state index in [9.17, 15) is 8.42 Å². The van der Waals surface area contributed by atoms with E-state index in [4.69, 9.17) is 16.7 Å². The molecule has 1 heterocycles. The summed E-state index contributed by atoms with van der Waals surface area (Å²) in [7, 11) is -3.64. The summed E-state index contributed by atoms with van der Waals surface area (Å²) >= 11 is 9.34. The second kappa shape index (κ2) is 6.74. The highest BCUT2D eigenvalue weighted by Gasteiger charge is 2.07. The summed E-state index contributed by atoms with van der Waals surface area (Å²) in [5, 5.41) is 8.71. The third-order valence-corrected chi connectivity index (χ3v) is 4.42. The van der Waals surface area contributed by atoms with Crippen LogP contribution in [0.4, 0.5) is 5.82 Å². The summed E-state index contributed by atoms with van der Waals surface area (Å²) in [4.78, 5) is 4.28. The molecule has 0 amide bonds. The van der Waals surface area contributed by atoms with Gasteiger partial charge in [0, 0.05) is 17.2 Å². The Balaban J connectivity index is 1.94. The Labute approximate surface area is 136 Å². The summed E-state index contributed by atoms with van der Waals surface area (Å²) < 4.78 is 23.1. The van der Waals surface area contributed by atoms with Crippen LogP contribution in [0.25, 0.3) is 0 Å². The van der Waals surface area contributed by atoms with Gasteiger partial charge in [-0.05, 0) is 46.1 Å². The molecule has 0 saturated heterocycles. The molecule has 0 saturated carbocycles. The van der Waals surface area contributed by atoms with Crippen LogP contribution in [0.1, 0.15) is 5.56 Å². The first kappa shape index (κ1) is 16.2. The molecule has 0 fully saturated rings. The molecule has 5 nitrogen and oxygen atoms in total. The lowest BCUT2D eigenvalue weighted by Gasteiger charge is -2.08. The minimum absolute atomic E-state index is 0.108. The van der Waals surface area contributed by atoms with Crippen LogP contribution in [0.15, 0.2) is 45.9 Å². The molecule has 0 unspecified atom stereocenters. The predicted octanol–water partition coefficient (Wildman–Crippen LogP) is 2.80. The van der Waals surface area contributed by atoms with Crippen LogP contribution in [0, 0.1) is 0 Å². The van der Waals surface area contributed by atoms with Crippen LogP contribution in [-0.2, 0) is 16.4 Å². The Hall–Kier alpha value is -1.15. The van der Waals surface area contributed by atoms with Crippen LogP contribution in [0.3, 0.4) is 0 Å². The van der Waals surface area contributed by atoms with Gasteiger partial charge >= 0.3 is 0 Å². The number of rotatable bonds is 5. The molecular formula is C13H13BrClN3O2S. The average molecular weight is 391 g/mol. The van der Waals surface area contributed by atoms with E-state index in [1.54, 1.807) is 24.4 Å². The molecular weight excluding hydrogens is 378 g/mol. The maximum absolute atomic E-state index is 11.1. The van der Waals surface area contributed by atoms with E-state index in [-0.39, 0.29) is 4.90 Å². The second-order valence-electron chi connectivity index (χ2n) is 4.35. The van der Waals surface area contributed by atoms with Gasteiger partial charge in [-0.25, -0.2) is 18.5 Å². The lowest BCUT2D eigenvalue weighted by molar-refractivity contribution is 0.598. The average Bonchev–Trinajstić information content (AvgIpc) is 2.41. The zero-order valence-electron chi connectivity index (χ0n) is 10.9. The van der Waals surface area contributed by atoms with Crippen molar-refractivity contribution in [2.45, 2.75) is 11.3 Å². The Kier molecular flexibility index (Phi) is 5.21. The van der Waals surface area contributed by atoms with Crippen molar-refractivity contribution in [2.24, 2.45) is 5.14 Å². The Bertz CT molecular complexity index is 736. The fourth-order valence-corrected chi connectivity index (χ4v) is 2.93. The van der Waals surface area contributed by atoms with Gasteiger partial charge in [-0.2, -0.15) is 0 Å². The molecule has 2 rings (SSSR count). The van der Waals surface area contributed by atoms with E-state index in [1.807, 2.05) is 0 Å². The van der Waals surface area contributed by atoms with Crippen LogP contribution in [-0.4, -0.2) is 19.9 Å². The third-order valence-electron chi connectivity index (χ3n) is 2.77. The van der Waals surface area contributed by atoms with E-state index in [2.05, 4.69) is 26.2 Å². The number of pyridine rings is 1. The predicted molar refractivity (Wildman–Crippen MR) is 87.0 cm³/mol. The van der Waals surface area contributed by atoms with Gasteiger partial charge in [-0.1, -0.05) is 23.7 Å². The fourth-order valence-electron chi connectivity index (χ4n) is 1.72. The van der Waals surface area contributed by atoms with Crippen molar-refractivity contribution in [3.8, 4) is 0 Å². The van der Waals surface area contributed by atoms with Crippen LogP contribution >= 0.6 is 27.5 Å². The summed E-state index contributed by atoms with van der Waals surface area (Å²) in [6.45, 7) is 0.628. The summed E-state index contributed by atoms with van der Waals surface area (Å²) in [6.07, 6.45) is 2.37. The number of sulfonamides is 1. The van der Waals surface area contributed by atoms with E-state index >= 15 is 0 Å². The first-order valence-corrected chi connectivity index (χ1v) is 8.74. The first-order chi connectivity index (χ1) is 9.86. The molecule has 0 aliphatic carbocycles. The van der Waals surface area contributed by atoms with E-state index in [0.29, 0.717) is 23.8 Å². The van der Waals surface area contributed by atoms with Crippen molar-refractivity contribution in [2.75, 3.05) is 11.9 Å². The number of halogens is 2. The van der Waals surface area contributed by atoms with Crippen molar-refractivity contribution in [1.82, 2.24) is 4.98 Å². The molecule has 0 spiro atoms. The lowest BCUT2D eigenvalue weighted by atomic mass is 10.1. The molecule has 0 aliphatic rings. The molecule has 21 heavy (non-hydrogen) atoms. The summed E-state index contributed by atoms with van der Waals surface area (Å²) in [6, 6.07) is 8.22. The number of benzene rings is 1. The standard InChI is InChI=1S/C13H13BrClN3O2S/c14-10-7-12(15)13(18-8-10)17-6-5-9-1-3-11(4-2-9)21(16,19)20/h1-4,7-8H,5-6H2,(H,17,18)(H2,16,19,20). The van der Waals surface area contributed by atoms with E-state index < -0.39 is 10.0 Å². The summed E-state index contributed by atoms with van der Waals surface area (Å²) in [5.74, 6) is 0.612. The Morgan fingerprint density at radius 2 is 1.95 bits per heavy atom. The number of anilines is 1. The Morgan fingerprint density at radius 3 is 2.52 bits per heavy atom. The highest BCUT2D eigenvalue weighted by Crippen LogP contribution is 2.22. The largest absolute Gasteiger partial charge is 0.369 e. The third kappa shape index (κ3) is 4.67. The number of hydrogen-bond acceptors (Lipinski definition) is 4. The fraction of sp³-hybridized carbons (Fsp3) is 0.154. The normalized spacial score (nSPS) is 11.4. The van der Waals surface area contributed by atoms with Gasteiger partial charge in [0.15, 0.2) is 0 Å². The molecule has 1 aromatic carbocycles. The maximum Gasteiger partial charge on any atom is 0.238 e. The number of hydrogen-bond donors (Lipinski definition) is 2. The number of nitrogens with two attached hydrogens (primary N) is 1. The van der Waals surface area contributed by atoms with Gasteiger partial charge in [-0.15, -0.1) is 0 Å². The highest BCUT2D eigenvalue weighted by molar-refractivity contribution is 9.10. The van der Waals surface area contributed by atoms with E-state index in [0.717, 1.165) is 10.0 Å². The van der Waals surface area contributed by atoms with Crippen molar-refractivity contribution < 1.29 is 8.42 Å². The van der Waals surface area contributed by atoms with Crippen LogP contribution in [0.5, 0.6) is 0 Å². The number of primary sulfonamides is 1. The number of aromatic nitrogens is 1. The zero-order chi connectivity index (χ0) is 15.5. The first-order valence-electron chi connectivity index (χ1n) is 6.03. The molecule has 2 aromatic rings. The van der Waals surface area contributed by atoms with Gasteiger partial charge < -0.3 is 5.32 Å². The molecule has 112 valence electrons. The molecule has 3 N–H and O–H groups in total. The molecule has 0 radical (unpaired) electrons. The molecule has 0 aliphatic heterocycles. The molecule has 8 heteroatoms. The number of nitrogens with zero attached hydrogens (tertiary/aromatic N) is 1. The topological polar surface area (TPSA) is 85.1 Å². The van der Waals surface area contributed by atoms with Gasteiger partial charge in [0.25, 0.3) is 0 Å². The number of nitrogens with one attached hydrogen (secondary N) is 1. The summed E-state index contributed by atoms with van der Waals surface area (Å²) in [5.41, 5.74) is 0.989. The second-order valence-corrected chi connectivity index (χ2v) is 7.23. The van der Waals surface area contributed by atoms with Crippen LogP contribution in [0.2, 0.25) is 5.02 Å². The minimum Gasteiger partial charge on any atom is -0.369 e. The van der Waals surface area contributed by atoms with Crippen molar-refractivity contribution in [3.63, 3.8) is 0 Å². The smallest absolute Gasteiger partial charge is 0.238 e. The van der Waals surface area contributed by atoms with Gasteiger partial charge in [0.05, 0.1) is 9.92 Å². The molecule has 0 atom stereocenters. The van der Waals surface area contributed by atoms with Gasteiger partial charge in [0.2, 0.25) is 10.0 Å². The van der Waals surface area contributed by atoms with Crippen molar-refractivity contribution in [1.29, 1.82) is 0 Å². The lowest BCUT2D eigenvalue weighted by Crippen LogP contribution is -2.12. The SMILES string of the molecule is NS(=O)(=O)c1ccc(CCNc2ncc(Br)cc2Cl)cc1. The highest BCUT2D eigenvalue weighted by atomic mass is 79.9. The minimum atomic E-state index is -3.64. The van der Waals surface area contributed by atoms with E-state index in [1.165, 1.54) is 12.1 Å². The zero-order valence-corrected chi connectivity index (χ0v) is 14.0.